The molecule has 0 atom stereocenters. The minimum atomic E-state index is -0.350. The van der Waals surface area contributed by atoms with E-state index in [9.17, 15) is 9.18 Å². The summed E-state index contributed by atoms with van der Waals surface area (Å²) in [4.78, 5) is 17.2. The summed E-state index contributed by atoms with van der Waals surface area (Å²) < 4.78 is 13.4. The van der Waals surface area contributed by atoms with Crippen LogP contribution in [0.5, 0.6) is 0 Å². The molecule has 0 aliphatic carbocycles. The van der Waals surface area contributed by atoms with Crippen molar-refractivity contribution in [2.75, 3.05) is 10.7 Å². The predicted molar refractivity (Wildman–Crippen MR) is 125 cm³/mol. The van der Waals surface area contributed by atoms with Crippen LogP contribution in [0.15, 0.2) is 84.0 Å². The van der Waals surface area contributed by atoms with Crippen LogP contribution in [0.2, 0.25) is 5.02 Å². The number of thiazole rings is 1. The molecule has 4 rings (SSSR count). The van der Waals surface area contributed by atoms with E-state index in [0.717, 1.165) is 5.56 Å². The topological polar surface area (TPSA) is 66.4 Å². The Balaban J connectivity index is 1.61. The van der Waals surface area contributed by atoms with Gasteiger partial charge < -0.3 is 5.32 Å². The molecule has 1 heterocycles. The lowest BCUT2D eigenvalue weighted by molar-refractivity contribution is 0.102. The second kappa shape index (κ2) is 9.51. The molecule has 1 amide bonds. The van der Waals surface area contributed by atoms with Crippen molar-refractivity contribution in [3.8, 4) is 11.3 Å². The Morgan fingerprint density at radius 1 is 1.00 bits per heavy atom. The molecule has 0 radical (unpaired) electrons. The Labute approximate surface area is 187 Å². The molecule has 2 N–H and O–H groups in total. The van der Waals surface area contributed by atoms with Crippen LogP contribution >= 0.6 is 22.9 Å². The molecule has 0 spiro atoms. The van der Waals surface area contributed by atoms with Crippen molar-refractivity contribution >= 4 is 45.2 Å². The van der Waals surface area contributed by atoms with E-state index in [4.69, 9.17) is 11.6 Å². The quantitative estimate of drug-likeness (QED) is 0.267. The number of rotatable bonds is 6. The van der Waals surface area contributed by atoms with Gasteiger partial charge >= 0.3 is 0 Å². The SMILES string of the molecule is O=C(Nc1sc(NN=Cc2ccccc2Cl)nc1-c1ccc(F)cc1)c1ccccc1. The molecule has 1 aromatic heterocycles. The van der Waals surface area contributed by atoms with Crippen LogP contribution in [-0.2, 0) is 0 Å². The van der Waals surface area contributed by atoms with Gasteiger partial charge in [-0.15, -0.1) is 0 Å². The molecule has 4 aromatic rings. The molecular weight excluding hydrogens is 435 g/mol. The van der Waals surface area contributed by atoms with Gasteiger partial charge in [0.25, 0.3) is 5.91 Å². The number of anilines is 2. The van der Waals surface area contributed by atoms with Crippen molar-refractivity contribution in [1.29, 1.82) is 0 Å². The van der Waals surface area contributed by atoms with Gasteiger partial charge in [-0.3, -0.25) is 10.2 Å². The number of carbonyl (C=O) groups excluding carboxylic acids is 1. The van der Waals surface area contributed by atoms with Crippen LogP contribution in [-0.4, -0.2) is 17.1 Å². The van der Waals surface area contributed by atoms with E-state index < -0.39 is 0 Å². The molecule has 154 valence electrons. The second-order valence-corrected chi connectivity index (χ2v) is 7.82. The van der Waals surface area contributed by atoms with Crippen molar-refractivity contribution in [1.82, 2.24) is 4.98 Å². The van der Waals surface area contributed by atoms with Crippen molar-refractivity contribution in [3.63, 3.8) is 0 Å². The molecule has 8 heteroatoms. The fourth-order valence-electron chi connectivity index (χ4n) is 2.76. The third-order valence-corrected chi connectivity index (χ3v) is 5.50. The highest BCUT2D eigenvalue weighted by molar-refractivity contribution is 7.20. The Morgan fingerprint density at radius 2 is 1.71 bits per heavy atom. The predicted octanol–water partition coefficient (Wildman–Crippen LogP) is 6.30. The third-order valence-electron chi connectivity index (χ3n) is 4.28. The van der Waals surface area contributed by atoms with Gasteiger partial charge in [0.05, 0.1) is 6.21 Å². The van der Waals surface area contributed by atoms with Crippen LogP contribution in [0.4, 0.5) is 14.5 Å². The Kier molecular flexibility index (Phi) is 6.35. The summed E-state index contributed by atoms with van der Waals surface area (Å²) in [6, 6.07) is 22.1. The first kappa shape index (κ1) is 20.7. The fraction of sp³-hybridized carbons (Fsp3) is 0. The molecule has 0 fully saturated rings. The number of hydrazone groups is 1. The molecule has 3 aromatic carbocycles. The van der Waals surface area contributed by atoms with E-state index in [-0.39, 0.29) is 11.7 Å². The van der Waals surface area contributed by atoms with E-state index in [1.807, 2.05) is 24.3 Å². The smallest absolute Gasteiger partial charge is 0.256 e. The van der Waals surface area contributed by atoms with Crippen molar-refractivity contribution in [3.05, 3.63) is 101 Å². The van der Waals surface area contributed by atoms with Gasteiger partial charge in [0.2, 0.25) is 5.13 Å². The molecule has 0 saturated heterocycles. The van der Waals surface area contributed by atoms with Crippen LogP contribution in [0.1, 0.15) is 15.9 Å². The highest BCUT2D eigenvalue weighted by atomic mass is 35.5. The van der Waals surface area contributed by atoms with Gasteiger partial charge in [-0.1, -0.05) is 59.3 Å². The van der Waals surface area contributed by atoms with E-state index in [1.54, 1.807) is 48.7 Å². The van der Waals surface area contributed by atoms with E-state index in [2.05, 4.69) is 20.8 Å². The summed E-state index contributed by atoms with van der Waals surface area (Å²) in [7, 11) is 0. The Bertz CT molecular complexity index is 1230. The maximum absolute atomic E-state index is 13.4. The molecule has 0 unspecified atom stereocenters. The van der Waals surface area contributed by atoms with Gasteiger partial charge in [-0.05, 0) is 42.5 Å². The summed E-state index contributed by atoms with van der Waals surface area (Å²) >= 11 is 7.36. The largest absolute Gasteiger partial charge is 0.312 e. The Morgan fingerprint density at radius 3 is 2.45 bits per heavy atom. The summed E-state index contributed by atoms with van der Waals surface area (Å²) in [6.07, 6.45) is 1.59. The minimum absolute atomic E-state index is 0.265. The van der Waals surface area contributed by atoms with Gasteiger partial charge in [0.15, 0.2) is 0 Å². The average Bonchev–Trinajstić information content (AvgIpc) is 3.18. The average molecular weight is 451 g/mol. The normalized spacial score (nSPS) is 10.9. The number of hydrogen-bond donors (Lipinski definition) is 2. The summed E-state index contributed by atoms with van der Waals surface area (Å²) in [5.41, 5.74) is 5.33. The Hall–Kier alpha value is -3.55. The lowest BCUT2D eigenvalue weighted by Gasteiger charge is -2.05. The molecule has 0 saturated carbocycles. The maximum Gasteiger partial charge on any atom is 0.256 e. The van der Waals surface area contributed by atoms with E-state index in [0.29, 0.717) is 32.0 Å². The number of aromatic nitrogens is 1. The van der Waals surface area contributed by atoms with Crippen molar-refractivity contribution < 1.29 is 9.18 Å². The third kappa shape index (κ3) is 5.14. The fourth-order valence-corrected chi connectivity index (χ4v) is 3.77. The zero-order valence-corrected chi connectivity index (χ0v) is 17.6. The van der Waals surface area contributed by atoms with E-state index in [1.165, 1.54) is 23.5 Å². The number of halogens is 2. The number of nitrogens with zero attached hydrogens (tertiary/aromatic N) is 2. The standard InChI is InChI=1S/C23H16ClFN4OS/c24-19-9-5-4-8-17(19)14-26-29-23-27-20(15-10-12-18(25)13-11-15)22(31-23)28-21(30)16-6-2-1-3-7-16/h1-14H,(H,27,29)(H,28,30). The molecule has 5 nitrogen and oxygen atoms in total. The summed E-state index contributed by atoms with van der Waals surface area (Å²) in [5.74, 6) is -0.615. The molecule has 31 heavy (non-hydrogen) atoms. The van der Waals surface area contributed by atoms with Crippen LogP contribution in [0, 0.1) is 5.82 Å². The molecule has 0 bridgehead atoms. The van der Waals surface area contributed by atoms with Crippen molar-refractivity contribution in [2.45, 2.75) is 0 Å². The highest BCUT2D eigenvalue weighted by Crippen LogP contribution is 2.36. The molecule has 0 aliphatic heterocycles. The number of amides is 1. The summed E-state index contributed by atoms with van der Waals surface area (Å²) in [6.45, 7) is 0. The molecule has 0 aliphatic rings. The number of benzene rings is 3. The van der Waals surface area contributed by atoms with Gasteiger partial charge in [-0.2, -0.15) is 5.10 Å². The number of hydrogen-bond acceptors (Lipinski definition) is 5. The monoisotopic (exact) mass is 450 g/mol. The highest BCUT2D eigenvalue weighted by Gasteiger charge is 2.16. The zero-order valence-electron chi connectivity index (χ0n) is 16.0. The van der Waals surface area contributed by atoms with Gasteiger partial charge in [0.1, 0.15) is 16.5 Å². The van der Waals surface area contributed by atoms with Crippen LogP contribution in [0.3, 0.4) is 0 Å². The first-order chi connectivity index (χ1) is 15.1. The number of carbonyl (C=O) groups is 1. The van der Waals surface area contributed by atoms with E-state index >= 15 is 0 Å². The van der Waals surface area contributed by atoms with Crippen molar-refractivity contribution in [2.24, 2.45) is 5.10 Å². The second-order valence-electron chi connectivity index (χ2n) is 6.42. The van der Waals surface area contributed by atoms with Gasteiger partial charge in [0, 0.05) is 21.7 Å². The molecular formula is C23H16ClFN4OS. The lowest BCUT2D eigenvalue weighted by atomic mass is 10.1. The van der Waals surface area contributed by atoms with Gasteiger partial charge in [-0.25, -0.2) is 9.37 Å². The zero-order chi connectivity index (χ0) is 21.6. The lowest BCUT2D eigenvalue weighted by Crippen LogP contribution is -2.11. The van der Waals surface area contributed by atoms with Crippen LogP contribution in [0.25, 0.3) is 11.3 Å². The van der Waals surface area contributed by atoms with Crippen LogP contribution < -0.4 is 10.7 Å². The number of nitrogens with one attached hydrogen (secondary N) is 2. The first-order valence-electron chi connectivity index (χ1n) is 9.27. The summed E-state index contributed by atoms with van der Waals surface area (Å²) in [5, 5.41) is 8.64. The first-order valence-corrected chi connectivity index (χ1v) is 10.5. The maximum atomic E-state index is 13.4. The minimum Gasteiger partial charge on any atom is -0.312 e.